The van der Waals surface area contributed by atoms with Gasteiger partial charge in [-0.1, -0.05) is 0 Å². The number of nitrogens with zero attached hydrogens (tertiary/aromatic N) is 1. The van der Waals surface area contributed by atoms with E-state index in [9.17, 15) is 13.2 Å². The molecular formula is C8H11N3O3S. The molecule has 0 aromatic carbocycles. The second kappa shape index (κ2) is 4.37. The number of primary amides is 1. The summed E-state index contributed by atoms with van der Waals surface area (Å²) < 4.78 is 23.8. The summed E-state index contributed by atoms with van der Waals surface area (Å²) >= 11 is 0. The van der Waals surface area contributed by atoms with E-state index in [-0.39, 0.29) is 6.54 Å². The van der Waals surface area contributed by atoms with E-state index in [1.54, 1.807) is 0 Å². The first kappa shape index (κ1) is 11.6. The molecule has 1 heterocycles. The van der Waals surface area contributed by atoms with E-state index >= 15 is 0 Å². The standard InChI is InChI=1S/C8H11N3O3S/c1-15(13,14)11-5-7-4-6(8(9)12)2-3-10-7/h2-4,11H,5H2,1H3,(H2,9,12). The number of carbonyl (C=O) groups is 1. The highest BCUT2D eigenvalue weighted by Gasteiger charge is 2.04. The van der Waals surface area contributed by atoms with Crippen molar-refractivity contribution in [2.75, 3.05) is 6.26 Å². The van der Waals surface area contributed by atoms with Gasteiger partial charge in [-0.15, -0.1) is 0 Å². The molecule has 0 saturated carbocycles. The van der Waals surface area contributed by atoms with Gasteiger partial charge in [-0.05, 0) is 12.1 Å². The topological polar surface area (TPSA) is 102 Å². The van der Waals surface area contributed by atoms with Crippen LogP contribution >= 0.6 is 0 Å². The molecule has 0 aliphatic carbocycles. The van der Waals surface area contributed by atoms with Crippen LogP contribution in [0.1, 0.15) is 16.1 Å². The van der Waals surface area contributed by atoms with Crippen molar-refractivity contribution in [3.05, 3.63) is 29.6 Å². The number of pyridine rings is 1. The highest BCUT2D eigenvalue weighted by Crippen LogP contribution is 2.00. The zero-order valence-electron chi connectivity index (χ0n) is 8.10. The second-order valence-electron chi connectivity index (χ2n) is 2.99. The van der Waals surface area contributed by atoms with Crippen LogP contribution in [0.4, 0.5) is 0 Å². The molecule has 6 nitrogen and oxygen atoms in total. The number of nitrogens with one attached hydrogen (secondary N) is 1. The van der Waals surface area contributed by atoms with Crippen LogP contribution in [0.5, 0.6) is 0 Å². The lowest BCUT2D eigenvalue weighted by Gasteiger charge is -2.02. The molecule has 1 rings (SSSR count). The van der Waals surface area contributed by atoms with Gasteiger partial charge < -0.3 is 5.73 Å². The number of sulfonamides is 1. The Bertz CT molecular complexity index is 470. The molecule has 1 amide bonds. The van der Waals surface area contributed by atoms with Crippen LogP contribution in [-0.4, -0.2) is 25.6 Å². The maximum Gasteiger partial charge on any atom is 0.248 e. The van der Waals surface area contributed by atoms with Gasteiger partial charge in [0.25, 0.3) is 0 Å². The lowest BCUT2D eigenvalue weighted by atomic mass is 10.2. The molecule has 82 valence electrons. The van der Waals surface area contributed by atoms with Gasteiger partial charge in [0.2, 0.25) is 15.9 Å². The number of carbonyl (C=O) groups excluding carboxylic acids is 1. The van der Waals surface area contributed by atoms with E-state index in [0.29, 0.717) is 11.3 Å². The Hall–Kier alpha value is -1.47. The predicted octanol–water partition coefficient (Wildman–Crippen LogP) is -0.770. The first-order valence-corrected chi connectivity index (χ1v) is 5.97. The molecule has 1 aromatic rings. The van der Waals surface area contributed by atoms with Crippen molar-refractivity contribution in [2.24, 2.45) is 5.73 Å². The molecule has 15 heavy (non-hydrogen) atoms. The minimum Gasteiger partial charge on any atom is -0.366 e. The van der Waals surface area contributed by atoms with Gasteiger partial charge in [0.1, 0.15) is 0 Å². The third kappa shape index (κ3) is 4.05. The van der Waals surface area contributed by atoms with Gasteiger partial charge in [0.15, 0.2) is 0 Å². The molecule has 3 N–H and O–H groups in total. The molecule has 0 radical (unpaired) electrons. The lowest BCUT2D eigenvalue weighted by molar-refractivity contribution is 0.1000. The first-order valence-electron chi connectivity index (χ1n) is 4.08. The smallest absolute Gasteiger partial charge is 0.248 e. The zero-order valence-corrected chi connectivity index (χ0v) is 8.91. The van der Waals surface area contributed by atoms with Crippen LogP contribution < -0.4 is 10.5 Å². The molecule has 0 atom stereocenters. The van der Waals surface area contributed by atoms with Gasteiger partial charge in [-0.3, -0.25) is 9.78 Å². The number of nitrogens with two attached hydrogens (primary N) is 1. The Balaban J connectivity index is 2.79. The molecule has 0 spiro atoms. The van der Waals surface area contributed by atoms with Crippen LogP contribution in [0.15, 0.2) is 18.3 Å². The maximum absolute atomic E-state index is 10.8. The molecule has 7 heteroatoms. The molecule has 0 aliphatic heterocycles. The zero-order chi connectivity index (χ0) is 11.5. The summed E-state index contributed by atoms with van der Waals surface area (Å²) in [6.45, 7) is 0.0416. The van der Waals surface area contributed by atoms with Crippen molar-refractivity contribution in [2.45, 2.75) is 6.54 Å². The highest BCUT2D eigenvalue weighted by molar-refractivity contribution is 7.88. The lowest BCUT2D eigenvalue weighted by Crippen LogP contribution is -2.22. The van der Waals surface area contributed by atoms with Crippen molar-refractivity contribution in [3.8, 4) is 0 Å². The van der Waals surface area contributed by atoms with Gasteiger partial charge in [0, 0.05) is 11.8 Å². The Morgan fingerprint density at radius 2 is 2.27 bits per heavy atom. The quantitative estimate of drug-likeness (QED) is 0.707. The normalized spacial score (nSPS) is 11.3. The molecule has 0 aliphatic rings. The van der Waals surface area contributed by atoms with Crippen molar-refractivity contribution in [1.29, 1.82) is 0 Å². The summed E-state index contributed by atoms with van der Waals surface area (Å²) in [7, 11) is -3.26. The molecule has 0 bridgehead atoms. The van der Waals surface area contributed by atoms with Crippen LogP contribution in [0.2, 0.25) is 0 Å². The van der Waals surface area contributed by atoms with Gasteiger partial charge >= 0.3 is 0 Å². The first-order chi connectivity index (χ1) is 6.88. The van der Waals surface area contributed by atoms with Gasteiger partial charge in [-0.25, -0.2) is 13.1 Å². The average molecular weight is 229 g/mol. The van der Waals surface area contributed by atoms with E-state index in [4.69, 9.17) is 5.73 Å². The van der Waals surface area contributed by atoms with Gasteiger partial charge in [-0.2, -0.15) is 0 Å². The number of rotatable bonds is 4. The number of aromatic nitrogens is 1. The number of hydrogen-bond donors (Lipinski definition) is 2. The largest absolute Gasteiger partial charge is 0.366 e. The van der Waals surface area contributed by atoms with Gasteiger partial charge in [0.05, 0.1) is 18.5 Å². The Morgan fingerprint density at radius 1 is 1.60 bits per heavy atom. The Kier molecular flexibility index (Phi) is 3.38. The Morgan fingerprint density at radius 3 is 2.80 bits per heavy atom. The van der Waals surface area contributed by atoms with Crippen LogP contribution in [0.3, 0.4) is 0 Å². The maximum atomic E-state index is 10.8. The van der Waals surface area contributed by atoms with Crippen molar-refractivity contribution >= 4 is 15.9 Å². The summed E-state index contributed by atoms with van der Waals surface area (Å²) in [5, 5.41) is 0. The summed E-state index contributed by atoms with van der Waals surface area (Å²) in [5.41, 5.74) is 5.80. The summed E-state index contributed by atoms with van der Waals surface area (Å²) in [6.07, 6.45) is 2.45. The molecular weight excluding hydrogens is 218 g/mol. The van der Waals surface area contributed by atoms with E-state index in [1.807, 2.05) is 0 Å². The fraction of sp³-hybridized carbons (Fsp3) is 0.250. The predicted molar refractivity (Wildman–Crippen MR) is 54.4 cm³/mol. The monoisotopic (exact) mass is 229 g/mol. The van der Waals surface area contributed by atoms with Crippen LogP contribution in [-0.2, 0) is 16.6 Å². The van der Waals surface area contributed by atoms with Crippen molar-refractivity contribution in [3.63, 3.8) is 0 Å². The van der Waals surface area contributed by atoms with E-state index in [2.05, 4.69) is 9.71 Å². The minimum absolute atomic E-state index is 0.0416. The molecule has 0 fully saturated rings. The SMILES string of the molecule is CS(=O)(=O)NCc1cc(C(N)=O)ccn1. The summed E-state index contributed by atoms with van der Waals surface area (Å²) in [5.74, 6) is -0.571. The number of amides is 1. The fourth-order valence-electron chi connectivity index (χ4n) is 0.933. The second-order valence-corrected chi connectivity index (χ2v) is 4.83. The highest BCUT2D eigenvalue weighted by atomic mass is 32.2. The Labute approximate surface area is 87.6 Å². The summed E-state index contributed by atoms with van der Waals surface area (Å²) in [4.78, 5) is 14.7. The average Bonchev–Trinajstić information content (AvgIpc) is 2.14. The van der Waals surface area contributed by atoms with E-state index in [1.165, 1.54) is 18.3 Å². The van der Waals surface area contributed by atoms with Crippen LogP contribution in [0, 0.1) is 0 Å². The molecule has 1 aromatic heterocycles. The van der Waals surface area contributed by atoms with E-state index in [0.717, 1.165) is 6.26 Å². The third-order valence-electron chi connectivity index (χ3n) is 1.62. The minimum atomic E-state index is -3.26. The fourth-order valence-corrected chi connectivity index (χ4v) is 1.34. The number of hydrogen-bond acceptors (Lipinski definition) is 4. The molecule has 0 unspecified atom stereocenters. The van der Waals surface area contributed by atoms with Crippen LogP contribution in [0.25, 0.3) is 0 Å². The third-order valence-corrected chi connectivity index (χ3v) is 2.29. The van der Waals surface area contributed by atoms with Crippen molar-refractivity contribution < 1.29 is 13.2 Å². The van der Waals surface area contributed by atoms with E-state index < -0.39 is 15.9 Å². The molecule has 0 saturated heterocycles. The summed E-state index contributed by atoms with van der Waals surface area (Å²) in [6, 6.07) is 2.91. The van der Waals surface area contributed by atoms with Crippen molar-refractivity contribution in [1.82, 2.24) is 9.71 Å².